The zero-order valence-corrected chi connectivity index (χ0v) is 22.9. The lowest BCUT2D eigenvalue weighted by Crippen LogP contribution is -2.40. The van der Waals surface area contributed by atoms with Crippen molar-refractivity contribution in [1.82, 2.24) is 10.3 Å². The van der Waals surface area contributed by atoms with E-state index >= 15 is 0 Å². The number of pyridine rings is 2. The molecule has 0 fully saturated rings. The molecule has 0 aliphatic carbocycles. The molecule has 9 heteroatoms. The molecule has 5 aromatic rings. The number of carboxylic acid groups (broad SMARTS) is 1. The molecule has 2 aromatic heterocycles. The van der Waals surface area contributed by atoms with Crippen molar-refractivity contribution in [2.45, 2.75) is 19.0 Å². The first-order chi connectivity index (χ1) is 20.3. The van der Waals surface area contributed by atoms with Gasteiger partial charge in [-0.1, -0.05) is 36.4 Å². The van der Waals surface area contributed by atoms with E-state index in [0.717, 1.165) is 22.3 Å². The van der Waals surface area contributed by atoms with Crippen LogP contribution in [0.3, 0.4) is 0 Å². The lowest BCUT2D eigenvalue weighted by molar-refractivity contribution is -0.688. The lowest BCUT2D eigenvalue weighted by Gasteiger charge is -2.18. The van der Waals surface area contributed by atoms with Gasteiger partial charge in [0.1, 0.15) is 11.4 Å². The maximum absolute atomic E-state index is 13.2. The van der Waals surface area contributed by atoms with Crippen LogP contribution >= 0.6 is 0 Å². The molecule has 9 nitrogen and oxygen atoms in total. The summed E-state index contributed by atoms with van der Waals surface area (Å²) in [5, 5.41) is 32.7. The predicted molar refractivity (Wildman–Crippen MR) is 156 cm³/mol. The summed E-state index contributed by atoms with van der Waals surface area (Å²) in [6.07, 6.45) is 3.96. The number of fused-ring (bicyclic) bond motifs is 1. The highest BCUT2D eigenvalue weighted by Gasteiger charge is 2.20. The minimum absolute atomic E-state index is 0.00963. The van der Waals surface area contributed by atoms with Crippen molar-refractivity contribution in [2.75, 3.05) is 13.7 Å². The zero-order chi connectivity index (χ0) is 29.6. The molecule has 0 aliphatic rings. The second-order valence-corrected chi connectivity index (χ2v) is 10.0. The summed E-state index contributed by atoms with van der Waals surface area (Å²) >= 11 is 0. The Hall–Kier alpha value is -5.28. The van der Waals surface area contributed by atoms with Gasteiger partial charge in [0.25, 0.3) is 5.91 Å². The molecule has 0 bridgehead atoms. The van der Waals surface area contributed by atoms with Crippen LogP contribution in [0.5, 0.6) is 11.5 Å². The molecule has 0 unspecified atom stereocenters. The first-order valence-electron chi connectivity index (χ1n) is 13.3. The van der Waals surface area contributed by atoms with E-state index in [-0.39, 0.29) is 29.4 Å². The number of rotatable bonds is 10. The minimum atomic E-state index is -1.17. The molecule has 4 N–H and O–H groups in total. The van der Waals surface area contributed by atoms with Crippen molar-refractivity contribution in [3.63, 3.8) is 0 Å². The number of aromatic nitrogens is 2. The van der Waals surface area contributed by atoms with Gasteiger partial charge in [0.05, 0.1) is 23.7 Å². The number of aromatic carboxylic acids is 1. The van der Waals surface area contributed by atoms with Crippen molar-refractivity contribution in [3.05, 3.63) is 120 Å². The quantitative estimate of drug-likeness (QED) is 0.186. The van der Waals surface area contributed by atoms with Crippen molar-refractivity contribution in [3.8, 4) is 22.6 Å². The fourth-order valence-corrected chi connectivity index (χ4v) is 4.89. The maximum atomic E-state index is 13.2. The molecule has 5 rings (SSSR count). The van der Waals surface area contributed by atoms with Gasteiger partial charge in [0.2, 0.25) is 6.20 Å². The Morgan fingerprint density at radius 3 is 2.43 bits per heavy atom. The minimum Gasteiger partial charge on any atom is -0.508 e. The van der Waals surface area contributed by atoms with E-state index in [1.165, 1.54) is 13.2 Å². The number of carboxylic acids is 1. The van der Waals surface area contributed by atoms with Crippen molar-refractivity contribution in [2.24, 2.45) is 0 Å². The molecule has 2 heterocycles. The number of amides is 1. The van der Waals surface area contributed by atoms with Gasteiger partial charge < -0.3 is 25.4 Å². The fraction of sp³-hybridized carbons (Fsp3) is 0.152. The second-order valence-electron chi connectivity index (χ2n) is 10.0. The largest absolute Gasteiger partial charge is 0.508 e. The number of hydrogen-bond donors (Lipinski definition) is 4. The van der Waals surface area contributed by atoms with Gasteiger partial charge in [0.15, 0.2) is 18.5 Å². The third-order valence-corrected chi connectivity index (χ3v) is 6.86. The van der Waals surface area contributed by atoms with Crippen LogP contribution in [0.1, 0.15) is 32.0 Å². The normalized spacial score (nSPS) is 11.7. The molecule has 0 saturated carbocycles. The summed E-state index contributed by atoms with van der Waals surface area (Å²) in [7, 11) is 1.53. The summed E-state index contributed by atoms with van der Waals surface area (Å²) in [5.74, 6) is -1.35. The van der Waals surface area contributed by atoms with Crippen LogP contribution < -0.4 is 9.88 Å². The van der Waals surface area contributed by atoms with Crippen LogP contribution in [0.2, 0.25) is 0 Å². The van der Waals surface area contributed by atoms with Gasteiger partial charge in [-0.15, -0.1) is 0 Å². The number of ether oxygens (including phenoxy) is 1. The van der Waals surface area contributed by atoms with Crippen LogP contribution in [-0.2, 0) is 17.7 Å². The van der Waals surface area contributed by atoms with Crippen LogP contribution in [0.4, 0.5) is 0 Å². The predicted octanol–water partition coefficient (Wildman–Crippen LogP) is 4.33. The highest BCUT2D eigenvalue weighted by molar-refractivity contribution is 6.06. The number of carbonyl (C=O) groups excluding carboxylic acids is 1. The molecular formula is C33H30N3O6+. The molecule has 3 aromatic carbocycles. The SMILES string of the molecule is COC[C@H](Cc1ccc(O)cc1)NC(=O)c1cc(C(=O)O)c2cc(-c3cccc(C[n+]4cccc(O)c4)c3)ccc2n1. The number of methoxy groups -OCH3 is 1. The van der Waals surface area contributed by atoms with E-state index < -0.39 is 17.9 Å². The Labute approximate surface area is 242 Å². The maximum Gasteiger partial charge on any atom is 0.336 e. The Bertz CT molecular complexity index is 1750. The number of hydrogen-bond acceptors (Lipinski definition) is 6. The van der Waals surface area contributed by atoms with Gasteiger partial charge in [-0.2, -0.15) is 4.57 Å². The molecular weight excluding hydrogens is 534 g/mol. The summed E-state index contributed by atoms with van der Waals surface area (Å²) in [6, 6.07) is 24.1. The Kier molecular flexibility index (Phi) is 8.40. The monoisotopic (exact) mass is 564 g/mol. The second kappa shape index (κ2) is 12.5. The smallest absolute Gasteiger partial charge is 0.336 e. The van der Waals surface area contributed by atoms with E-state index in [2.05, 4.69) is 10.3 Å². The summed E-state index contributed by atoms with van der Waals surface area (Å²) in [4.78, 5) is 30.0. The number of carbonyl (C=O) groups is 2. The van der Waals surface area contributed by atoms with Gasteiger partial charge in [-0.3, -0.25) is 4.79 Å². The van der Waals surface area contributed by atoms with Gasteiger partial charge in [0, 0.05) is 24.1 Å². The van der Waals surface area contributed by atoms with Crippen molar-refractivity contribution in [1.29, 1.82) is 0 Å². The fourth-order valence-electron chi connectivity index (χ4n) is 4.89. The Balaban J connectivity index is 1.41. The molecule has 1 atom stereocenters. The molecule has 0 aliphatic heterocycles. The van der Waals surface area contributed by atoms with Crippen molar-refractivity contribution >= 4 is 22.8 Å². The average molecular weight is 565 g/mol. The molecule has 0 spiro atoms. The number of nitrogens with one attached hydrogen (secondary N) is 1. The third-order valence-electron chi connectivity index (χ3n) is 6.86. The number of phenols is 1. The van der Waals surface area contributed by atoms with Gasteiger partial charge >= 0.3 is 5.97 Å². The number of aromatic hydroxyl groups is 2. The van der Waals surface area contributed by atoms with Crippen LogP contribution in [0.25, 0.3) is 22.0 Å². The average Bonchev–Trinajstić information content (AvgIpc) is 2.97. The summed E-state index contributed by atoms with van der Waals surface area (Å²) < 4.78 is 7.15. The highest BCUT2D eigenvalue weighted by atomic mass is 16.5. The standard InChI is InChI=1S/C33H29N3O6/c1-42-20-25(15-21-7-10-26(37)11-8-21)34-32(39)31-17-29(33(40)41)28-16-24(9-12-30(28)35-31)23-5-2-4-22(14-23)18-36-13-3-6-27(38)19-36/h2-14,16-17,19,25H,15,18,20H2,1H3,(H3-,34,37,38,39,40,41)/p+1/t25-/m0/s1. The first kappa shape index (κ1) is 28.3. The van der Waals surface area contributed by atoms with Crippen LogP contribution in [0, 0.1) is 0 Å². The summed E-state index contributed by atoms with van der Waals surface area (Å²) in [6.45, 7) is 0.783. The highest BCUT2D eigenvalue weighted by Crippen LogP contribution is 2.27. The lowest BCUT2D eigenvalue weighted by atomic mass is 9.98. The Morgan fingerprint density at radius 1 is 0.905 bits per heavy atom. The number of benzene rings is 3. The molecule has 1 amide bonds. The van der Waals surface area contributed by atoms with Crippen molar-refractivity contribution < 1.29 is 34.2 Å². The van der Waals surface area contributed by atoms with Gasteiger partial charge in [-0.05, 0) is 65.6 Å². The Morgan fingerprint density at radius 2 is 1.69 bits per heavy atom. The van der Waals surface area contributed by atoms with E-state index in [1.54, 1.807) is 54.7 Å². The van der Waals surface area contributed by atoms with Crippen LogP contribution in [0.15, 0.2) is 97.3 Å². The molecule has 0 radical (unpaired) electrons. The van der Waals surface area contributed by atoms with E-state index in [4.69, 9.17) is 4.74 Å². The van der Waals surface area contributed by atoms with E-state index in [1.807, 2.05) is 41.1 Å². The number of nitrogens with zero attached hydrogens (tertiary/aromatic N) is 2. The van der Waals surface area contributed by atoms with Crippen LogP contribution in [-0.4, -0.2) is 51.9 Å². The molecule has 0 saturated heterocycles. The molecule has 42 heavy (non-hydrogen) atoms. The number of phenolic OH excluding ortho intramolecular Hbond substituents is 1. The third kappa shape index (κ3) is 6.71. The zero-order valence-electron chi connectivity index (χ0n) is 22.9. The van der Waals surface area contributed by atoms with E-state index in [9.17, 15) is 24.9 Å². The van der Waals surface area contributed by atoms with E-state index in [0.29, 0.717) is 23.9 Å². The topological polar surface area (TPSA) is 133 Å². The molecule has 212 valence electrons. The summed E-state index contributed by atoms with van der Waals surface area (Å²) in [5.41, 5.74) is 3.95. The first-order valence-corrected chi connectivity index (χ1v) is 13.3. The van der Waals surface area contributed by atoms with Gasteiger partial charge in [-0.25, -0.2) is 9.78 Å².